The first-order valence-electron chi connectivity index (χ1n) is 13.2. The monoisotopic (exact) mass is 538 g/mol. The summed E-state index contributed by atoms with van der Waals surface area (Å²) in [5.41, 5.74) is 2.84. The molecule has 1 atom stereocenters. The lowest BCUT2D eigenvalue weighted by atomic mass is 10.00. The second kappa shape index (κ2) is 11.3. The lowest BCUT2D eigenvalue weighted by molar-refractivity contribution is 0.184. The number of hydrogen-bond donors (Lipinski definition) is 1. The predicted octanol–water partition coefficient (Wildman–Crippen LogP) is 5.08. The van der Waals surface area contributed by atoms with Crippen molar-refractivity contribution in [3.63, 3.8) is 0 Å². The van der Waals surface area contributed by atoms with E-state index < -0.39 is 11.6 Å². The molecule has 1 N–H and O–H groups in total. The van der Waals surface area contributed by atoms with Gasteiger partial charge in [-0.3, -0.25) is 9.69 Å². The summed E-state index contributed by atoms with van der Waals surface area (Å²) in [5.74, 6) is 2.08. The van der Waals surface area contributed by atoms with Crippen molar-refractivity contribution in [2.24, 2.45) is 0 Å². The molecule has 0 amide bonds. The molecule has 3 aromatic carbocycles. The van der Waals surface area contributed by atoms with E-state index in [-0.39, 0.29) is 5.56 Å². The Morgan fingerprint density at radius 2 is 1.52 bits per heavy atom. The summed E-state index contributed by atoms with van der Waals surface area (Å²) < 4.78 is 12.6. The molecule has 0 saturated heterocycles. The Morgan fingerprint density at radius 3 is 2.17 bits per heavy atom. The number of pyridine rings is 1. The van der Waals surface area contributed by atoms with E-state index >= 15 is 0 Å². The molecule has 0 aliphatic carbocycles. The van der Waals surface area contributed by atoms with Crippen LogP contribution in [0.5, 0.6) is 11.5 Å². The maximum absolute atomic E-state index is 13.8. The van der Waals surface area contributed by atoms with Gasteiger partial charge in [-0.05, 0) is 78.7 Å². The van der Waals surface area contributed by atoms with E-state index in [1.54, 1.807) is 18.9 Å². The molecule has 0 bridgehead atoms. The molecule has 9 nitrogen and oxygen atoms in total. The van der Waals surface area contributed by atoms with Gasteiger partial charge in [0.1, 0.15) is 17.5 Å². The highest BCUT2D eigenvalue weighted by Crippen LogP contribution is 2.32. The van der Waals surface area contributed by atoms with Crippen LogP contribution in [0.2, 0.25) is 0 Å². The van der Waals surface area contributed by atoms with Crippen LogP contribution >= 0.6 is 0 Å². The molecule has 2 heterocycles. The molecule has 5 rings (SSSR count). The Balaban J connectivity index is 1.72. The number of methoxy groups -OCH3 is 2. The van der Waals surface area contributed by atoms with E-state index in [1.807, 2.05) is 87.5 Å². The highest BCUT2D eigenvalue weighted by atomic mass is 16.5. The topological polar surface area (TPSA) is 98.2 Å². The third kappa shape index (κ3) is 5.74. The molecule has 206 valence electrons. The molecule has 0 aliphatic heterocycles. The van der Waals surface area contributed by atoms with E-state index in [0.717, 1.165) is 27.8 Å². The first kappa shape index (κ1) is 27.1. The molecule has 2 aromatic heterocycles. The lowest BCUT2D eigenvalue weighted by Gasteiger charge is -2.33. The predicted molar refractivity (Wildman–Crippen MR) is 154 cm³/mol. The Kier molecular flexibility index (Phi) is 7.66. The second-order valence-electron chi connectivity index (χ2n) is 10.8. The zero-order valence-corrected chi connectivity index (χ0v) is 23.5. The molecular formula is C31H34N6O3. The molecule has 0 aliphatic rings. The molecule has 0 unspecified atom stereocenters. The van der Waals surface area contributed by atoms with Crippen molar-refractivity contribution in [1.82, 2.24) is 30.1 Å². The number of nitrogens with zero attached hydrogens (tertiary/aromatic N) is 5. The third-order valence-corrected chi connectivity index (χ3v) is 6.89. The molecule has 0 fully saturated rings. The zero-order valence-electron chi connectivity index (χ0n) is 23.5. The van der Waals surface area contributed by atoms with Gasteiger partial charge in [-0.2, -0.15) is 0 Å². The van der Waals surface area contributed by atoms with Gasteiger partial charge in [-0.15, -0.1) is 5.10 Å². The molecule has 0 saturated carbocycles. The number of H-pyrrole nitrogens is 1. The van der Waals surface area contributed by atoms with Gasteiger partial charge in [0.15, 0.2) is 5.82 Å². The number of fused-ring (bicyclic) bond motifs is 1. The minimum absolute atomic E-state index is 0.195. The summed E-state index contributed by atoms with van der Waals surface area (Å²) in [4.78, 5) is 19.1. The number of rotatable bonds is 9. The number of hydrogen-bond acceptors (Lipinski definition) is 7. The van der Waals surface area contributed by atoms with Gasteiger partial charge in [-0.25, -0.2) is 4.68 Å². The second-order valence-corrected chi connectivity index (χ2v) is 10.8. The summed E-state index contributed by atoms with van der Waals surface area (Å²) in [5, 5.41) is 13.8. The van der Waals surface area contributed by atoms with Crippen LogP contribution in [0.3, 0.4) is 0 Å². The first-order chi connectivity index (χ1) is 19.3. The molecule has 0 spiro atoms. The lowest BCUT2D eigenvalue weighted by Crippen LogP contribution is -2.37. The number of aromatic nitrogens is 5. The maximum Gasteiger partial charge on any atom is 0.253 e. The fourth-order valence-electron chi connectivity index (χ4n) is 4.89. The van der Waals surface area contributed by atoms with E-state index in [9.17, 15) is 4.79 Å². The Labute approximate surface area is 233 Å². The minimum atomic E-state index is -0.559. The van der Waals surface area contributed by atoms with Crippen molar-refractivity contribution in [1.29, 1.82) is 0 Å². The molecular weight excluding hydrogens is 504 g/mol. The number of benzene rings is 3. The summed E-state index contributed by atoms with van der Waals surface area (Å²) in [7, 11) is 3.28. The van der Waals surface area contributed by atoms with Crippen LogP contribution in [0.25, 0.3) is 10.9 Å². The Bertz CT molecular complexity index is 1640. The van der Waals surface area contributed by atoms with Crippen molar-refractivity contribution >= 4 is 10.9 Å². The first-order valence-corrected chi connectivity index (χ1v) is 13.2. The van der Waals surface area contributed by atoms with Crippen LogP contribution in [0.4, 0.5) is 0 Å². The van der Waals surface area contributed by atoms with Crippen LogP contribution in [0, 0.1) is 0 Å². The normalized spacial score (nSPS) is 12.6. The van der Waals surface area contributed by atoms with E-state index in [1.165, 1.54) is 0 Å². The average molecular weight is 539 g/mol. The fraction of sp³-hybridized carbons (Fsp3) is 0.290. The van der Waals surface area contributed by atoms with Gasteiger partial charge in [-0.1, -0.05) is 42.5 Å². The summed E-state index contributed by atoms with van der Waals surface area (Å²) in [6, 6.07) is 25.1. The summed E-state index contributed by atoms with van der Waals surface area (Å²) >= 11 is 0. The maximum atomic E-state index is 13.8. The van der Waals surface area contributed by atoms with Gasteiger partial charge >= 0.3 is 0 Å². The van der Waals surface area contributed by atoms with Gasteiger partial charge in [0, 0.05) is 29.6 Å². The molecule has 40 heavy (non-hydrogen) atoms. The van der Waals surface area contributed by atoms with Gasteiger partial charge in [0.05, 0.1) is 19.8 Å². The quantitative estimate of drug-likeness (QED) is 0.280. The van der Waals surface area contributed by atoms with Crippen LogP contribution in [0.1, 0.15) is 49.3 Å². The van der Waals surface area contributed by atoms with Gasteiger partial charge < -0.3 is 14.5 Å². The van der Waals surface area contributed by atoms with Crippen molar-refractivity contribution in [3.05, 3.63) is 112 Å². The SMILES string of the molecule is COc1ccc(CN(Cc2ccccc2)[C@H](c2cc3cc(OC)ccc3[nH]c2=O)c2nnnn2C(C)(C)C)cc1. The summed E-state index contributed by atoms with van der Waals surface area (Å²) in [6.45, 7) is 7.24. The largest absolute Gasteiger partial charge is 0.497 e. The fourth-order valence-corrected chi connectivity index (χ4v) is 4.89. The van der Waals surface area contributed by atoms with Crippen molar-refractivity contribution < 1.29 is 9.47 Å². The van der Waals surface area contributed by atoms with Gasteiger partial charge in [0.2, 0.25) is 0 Å². The third-order valence-electron chi connectivity index (χ3n) is 6.89. The smallest absolute Gasteiger partial charge is 0.253 e. The van der Waals surface area contributed by atoms with Crippen molar-refractivity contribution in [2.75, 3.05) is 14.2 Å². The van der Waals surface area contributed by atoms with Crippen LogP contribution in [-0.2, 0) is 18.6 Å². The molecule has 5 aromatic rings. The van der Waals surface area contributed by atoms with Crippen molar-refractivity contribution in [3.8, 4) is 11.5 Å². The van der Waals surface area contributed by atoms with E-state index in [0.29, 0.717) is 30.2 Å². The summed E-state index contributed by atoms with van der Waals surface area (Å²) in [6.07, 6.45) is 0. The van der Waals surface area contributed by atoms with Crippen molar-refractivity contribution in [2.45, 2.75) is 45.4 Å². The number of ether oxygens (including phenoxy) is 2. The number of aromatic amines is 1. The van der Waals surface area contributed by atoms with E-state index in [2.05, 4.69) is 37.5 Å². The number of tetrazole rings is 1. The highest BCUT2D eigenvalue weighted by Gasteiger charge is 2.33. The molecule has 0 radical (unpaired) electrons. The molecule has 9 heteroatoms. The van der Waals surface area contributed by atoms with E-state index in [4.69, 9.17) is 9.47 Å². The Hall–Kier alpha value is -4.50. The standard InChI is InChI=1S/C31H34N6O3/c1-31(2,3)37-29(33-34-35-37)28(26-18-23-17-25(40-5)15-16-27(23)32-30(26)38)36(19-21-9-7-6-8-10-21)20-22-11-13-24(39-4)14-12-22/h6-18,28H,19-20H2,1-5H3,(H,32,38)/t28-/m1/s1. The average Bonchev–Trinajstić information content (AvgIpc) is 3.44. The van der Waals surface area contributed by atoms with Crippen LogP contribution < -0.4 is 15.0 Å². The minimum Gasteiger partial charge on any atom is -0.497 e. The zero-order chi connectivity index (χ0) is 28.3. The van der Waals surface area contributed by atoms with Crippen LogP contribution in [-0.4, -0.2) is 44.3 Å². The highest BCUT2D eigenvalue weighted by molar-refractivity contribution is 5.80. The Morgan fingerprint density at radius 1 is 0.875 bits per heavy atom. The number of nitrogens with one attached hydrogen (secondary N) is 1. The van der Waals surface area contributed by atoms with Gasteiger partial charge in [0.25, 0.3) is 5.56 Å². The van der Waals surface area contributed by atoms with Crippen LogP contribution in [0.15, 0.2) is 83.7 Å².